The molecule has 74 valence electrons. The zero-order valence-corrected chi connectivity index (χ0v) is 7.43. The van der Waals surface area contributed by atoms with Crippen molar-refractivity contribution in [3.8, 4) is 11.5 Å². The topological polar surface area (TPSA) is 66.8 Å². The number of phenolic OH excluding ortho intramolecular Hbond substituents is 2. The van der Waals surface area contributed by atoms with Crippen molar-refractivity contribution >= 4 is 5.97 Å². The molecule has 14 heavy (non-hydrogen) atoms. The van der Waals surface area contributed by atoms with Crippen LogP contribution in [0.5, 0.6) is 11.5 Å². The zero-order chi connectivity index (χ0) is 10.6. The molecule has 0 radical (unpaired) electrons. The van der Waals surface area contributed by atoms with Crippen LogP contribution in [-0.2, 0) is 4.74 Å². The summed E-state index contributed by atoms with van der Waals surface area (Å²) in [5.41, 5.74) is 0.0182. The van der Waals surface area contributed by atoms with Crippen molar-refractivity contribution in [2.75, 3.05) is 6.61 Å². The minimum absolute atomic E-state index is 0.0182. The molecule has 0 saturated heterocycles. The summed E-state index contributed by atoms with van der Waals surface area (Å²) in [6, 6.07) is 3.66. The number of aromatic hydroxyl groups is 2. The molecule has 4 heteroatoms. The van der Waals surface area contributed by atoms with Crippen molar-refractivity contribution < 1.29 is 19.7 Å². The monoisotopic (exact) mass is 194 g/mol. The van der Waals surface area contributed by atoms with Gasteiger partial charge in [-0.05, 0) is 12.1 Å². The molecule has 4 nitrogen and oxygen atoms in total. The maximum atomic E-state index is 11.2. The van der Waals surface area contributed by atoms with Gasteiger partial charge in [0.25, 0.3) is 0 Å². The Labute approximate surface area is 81.1 Å². The predicted molar refractivity (Wildman–Crippen MR) is 50.3 cm³/mol. The summed E-state index contributed by atoms with van der Waals surface area (Å²) in [4.78, 5) is 11.2. The van der Waals surface area contributed by atoms with Crippen LogP contribution in [0.3, 0.4) is 0 Å². The fourth-order valence-electron chi connectivity index (χ4n) is 0.905. The van der Waals surface area contributed by atoms with E-state index in [0.29, 0.717) is 0 Å². The third-order valence-corrected chi connectivity index (χ3v) is 1.53. The third-order valence-electron chi connectivity index (χ3n) is 1.53. The van der Waals surface area contributed by atoms with E-state index in [1.165, 1.54) is 18.2 Å². The Morgan fingerprint density at radius 1 is 1.50 bits per heavy atom. The first kappa shape index (κ1) is 10.1. The second-order valence-corrected chi connectivity index (χ2v) is 2.59. The molecule has 1 rings (SSSR count). The highest BCUT2D eigenvalue weighted by Gasteiger charge is 2.11. The number of esters is 1. The molecule has 0 fully saturated rings. The lowest BCUT2D eigenvalue weighted by atomic mass is 10.2. The van der Waals surface area contributed by atoms with Crippen LogP contribution in [0.25, 0.3) is 0 Å². The number of rotatable bonds is 3. The molecule has 0 spiro atoms. The fourth-order valence-corrected chi connectivity index (χ4v) is 0.905. The molecular weight excluding hydrogens is 184 g/mol. The Balaban J connectivity index is 2.84. The summed E-state index contributed by atoms with van der Waals surface area (Å²) in [6.45, 7) is 3.47. The van der Waals surface area contributed by atoms with Gasteiger partial charge in [-0.3, -0.25) is 0 Å². The van der Waals surface area contributed by atoms with Gasteiger partial charge in [-0.2, -0.15) is 0 Å². The summed E-state index contributed by atoms with van der Waals surface area (Å²) in [5, 5.41) is 18.2. The first-order chi connectivity index (χ1) is 6.65. The van der Waals surface area contributed by atoms with Gasteiger partial charge in [-0.1, -0.05) is 12.7 Å². The van der Waals surface area contributed by atoms with Crippen LogP contribution in [0.1, 0.15) is 10.4 Å². The van der Waals surface area contributed by atoms with E-state index in [2.05, 4.69) is 6.58 Å². The van der Waals surface area contributed by atoms with Gasteiger partial charge in [0.1, 0.15) is 23.7 Å². The van der Waals surface area contributed by atoms with Crippen molar-refractivity contribution in [2.24, 2.45) is 0 Å². The minimum Gasteiger partial charge on any atom is -0.508 e. The molecule has 0 amide bonds. The smallest absolute Gasteiger partial charge is 0.342 e. The average molecular weight is 194 g/mol. The van der Waals surface area contributed by atoms with Crippen molar-refractivity contribution in [1.82, 2.24) is 0 Å². The van der Waals surface area contributed by atoms with Gasteiger partial charge in [0.15, 0.2) is 0 Å². The van der Waals surface area contributed by atoms with E-state index in [9.17, 15) is 9.90 Å². The lowest BCUT2D eigenvalue weighted by Crippen LogP contribution is -2.04. The van der Waals surface area contributed by atoms with Gasteiger partial charge >= 0.3 is 5.97 Å². The molecule has 0 aromatic heterocycles. The lowest BCUT2D eigenvalue weighted by molar-refractivity contribution is 0.0546. The number of carbonyl (C=O) groups excluding carboxylic acids is 1. The van der Waals surface area contributed by atoms with Crippen LogP contribution in [0.4, 0.5) is 0 Å². The second-order valence-electron chi connectivity index (χ2n) is 2.59. The zero-order valence-electron chi connectivity index (χ0n) is 7.43. The molecule has 0 aliphatic carbocycles. The summed E-state index contributed by atoms with van der Waals surface area (Å²) in [7, 11) is 0. The number of benzene rings is 1. The number of ether oxygens (including phenoxy) is 1. The number of hydrogen-bond donors (Lipinski definition) is 2. The molecule has 0 aliphatic rings. The van der Waals surface area contributed by atoms with Crippen molar-refractivity contribution in [2.45, 2.75) is 0 Å². The van der Waals surface area contributed by atoms with Gasteiger partial charge in [0.05, 0.1) is 0 Å². The first-order valence-corrected chi connectivity index (χ1v) is 3.95. The van der Waals surface area contributed by atoms with E-state index in [1.807, 2.05) is 0 Å². The Hall–Kier alpha value is -1.97. The van der Waals surface area contributed by atoms with E-state index in [4.69, 9.17) is 9.84 Å². The molecule has 1 aromatic rings. The summed E-state index contributed by atoms with van der Waals surface area (Å²) in [5.74, 6) is -1.07. The van der Waals surface area contributed by atoms with E-state index in [0.717, 1.165) is 6.07 Å². The Morgan fingerprint density at radius 3 is 2.79 bits per heavy atom. The van der Waals surface area contributed by atoms with Gasteiger partial charge in [-0.15, -0.1) is 0 Å². The number of carbonyl (C=O) groups is 1. The molecular formula is C10H10O4. The molecule has 0 atom stereocenters. The van der Waals surface area contributed by atoms with Gasteiger partial charge in [0, 0.05) is 6.07 Å². The molecule has 2 N–H and O–H groups in total. The number of hydrogen-bond acceptors (Lipinski definition) is 4. The van der Waals surface area contributed by atoms with Crippen molar-refractivity contribution in [3.63, 3.8) is 0 Å². The normalized spacial score (nSPS) is 9.43. The first-order valence-electron chi connectivity index (χ1n) is 3.95. The van der Waals surface area contributed by atoms with E-state index < -0.39 is 5.97 Å². The van der Waals surface area contributed by atoms with Crippen LogP contribution in [0.15, 0.2) is 30.9 Å². The van der Waals surface area contributed by atoms with E-state index in [1.54, 1.807) is 0 Å². The standard InChI is InChI=1S/C10H10O4/c1-2-5-14-10(13)8-4-3-7(11)6-9(8)12/h2-4,6,11-12H,1,5H2. The van der Waals surface area contributed by atoms with Crippen molar-refractivity contribution in [3.05, 3.63) is 36.4 Å². The lowest BCUT2D eigenvalue weighted by Gasteiger charge is -2.04. The molecule has 0 unspecified atom stereocenters. The van der Waals surface area contributed by atoms with Crippen LogP contribution in [0, 0.1) is 0 Å². The highest BCUT2D eigenvalue weighted by Crippen LogP contribution is 2.22. The van der Waals surface area contributed by atoms with Crippen molar-refractivity contribution in [1.29, 1.82) is 0 Å². The highest BCUT2D eigenvalue weighted by molar-refractivity contribution is 5.92. The Bertz CT molecular complexity index is 357. The summed E-state index contributed by atoms with van der Waals surface area (Å²) >= 11 is 0. The SMILES string of the molecule is C=CCOC(=O)c1ccc(O)cc1O. The van der Waals surface area contributed by atoms with Crippen LogP contribution < -0.4 is 0 Å². The molecule has 0 bridgehead atoms. The van der Waals surface area contributed by atoms with E-state index in [-0.39, 0.29) is 23.7 Å². The number of phenols is 2. The minimum atomic E-state index is -0.651. The van der Waals surface area contributed by atoms with Gasteiger partial charge in [-0.25, -0.2) is 4.79 Å². The van der Waals surface area contributed by atoms with Gasteiger partial charge in [0.2, 0.25) is 0 Å². The maximum Gasteiger partial charge on any atom is 0.342 e. The van der Waals surface area contributed by atoms with Crippen LogP contribution in [0.2, 0.25) is 0 Å². The third kappa shape index (κ3) is 2.26. The Kier molecular flexibility index (Phi) is 3.12. The molecule has 0 heterocycles. The summed E-state index contributed by atoms with van der Waals surface area (Å²) in [6.07, 6.45) is 1.43. The Morgan fingerprint density at radius 2 is 2.21 bits per heavy atom. The quantitative estimate of drug-likeness (QED) is 0.564. The molecule has 1 aromatic carbocycles. The molecule has 0 aliphatic heterocycles. The van der Waals surface area contributed by atoms with Crippen LogP contribution in [-0.4, -0.2) is 22.8 Å². The van der Waals surface area contributed by atoms with E-state index >= 15 is 0 Å². The predicted octanol–water partition coefficient (Wildman–Crippen LogP) is 1.44. The second kappa shape index (κ2) is 4.32. The summed E-state index contributed by atoms with van der Waals surface area (Å²) < 4.78 is 4.70. The fraction of sp³-hybridized carbons (Fsp3) is 0.100. The highest BCUT2D eigenvalue weighted by atomic mass is 16.5. The largest absolute Gasteiger partial charge is 0.508 e. The van der Waals surface area contributed by atoms with Gasteiger partial charge < -0.3 is 14.9 Å². The molecule has 0 saturated carbocycles. The maximum absolute atomic E-state index is 11.2. The van der Waals surface area contributed by atoms with Crippen LogP contribution >= 0.6 is 0 Å². The average Bonchev–Trinajstić information content (AvgIpc) is 2.14.